The maximum atomic E-state index is 11.4. The molecule has 2 aromatic carbocycles. The number of carbonyl (C=O) groups is 1. The van der Waals surface area contributed by atoms with E-state index < -0.39 is 0 Å². The SMILES string of the molecule is COC(=O)c1ccc(SCc2cc(C)cc(C)c2)c(N)c1. The number of nitrogen functional groups attached to an aromatic ring is 1. The summed E-state index contributed by atoms with van der Waals surface area (Å²) in [5, 5.41) is 0. The summed E-state index contributed by atoms with van der Waals surface area (Å²) in [6, 6.07) is 11.8. The summed E-state index contributed by atoms with van der Waals surface area (Å²) in [5.41, 5.74) is 10.9. The Morgan fingerprint density at radius 3 is 2.38 bits per heavy atom. The van der Waals surface area contributed by atoms with Crippen molar-refractivity contribution in [2.75, 3.05) is 12.8 Å². The van der Waals surface area contributed by atoms with Crippen molar-refractivity contribution in [2.24, 2.45) is 0 Å². The molecule has 2 aromatic rings. The number of hydrogen-bond acceptors (Lipinski definition) is 4. The molecule has 0 saturated carbocycles. The number of thioether (sulfide) groups is 1. The summed E-state index contributed by atoms with van der Waals surface area (Å²) in [7, 11) is 1.36. The molecule has 110 valence electrons. The van der Waals surface area contributed by atoms with E-state index in [0.29, 0.717) is 11.3 Å². The molecule has 0 spiro atoms. The van der Waals surface area contributed by atoms with E-state index in [9.17, 15) is 4.79 Å². The Hall–Kier alpha value is -1.94. The second-order valence-corrected chi connectivity index (χ2v) is 6.05. The highest BCUT2D eigenvalue weighted by atomic mass is 32.2. The lowest BCUT2D eigenvalue weighted by Crippen LogP contribution is -2.02. The van der Waals surface area contributed by atoms with Gasteiger partial charge in [0.1, 0.15) is 0 Å². The largest absolute Gasteiger partial charge is 0.465 e. The predicted octanol–water partition coefficient (Wildman–Crippen LogP) is 3.96. The molecule has 0 amide bonds. The number of hydrogen-bond donors (Lipinski definition) is 1. The maximum Gasteiger partial charge on any atom is 0.337 e. The van der Waals surface area contributed by atoms with Crippen LogP contribution < -0.4 is 5.73 Å². The molecule has 0 unspecified atom stereocenters. The van der Waals surface area contributed by atoms with Gasteiger partial charge >= 0.3 is 5.97 Å². The standard InChI is InChI=1S/C17H19NO2S/c1-11-6-12(2)8-13(7-11)10-21-16-5-4-14(9-15(16)18)17(19)20-3/h4-9H,10,18H2,1-3H3. The van der Waals surface area contributed by atoms with Crippen molar-refractivity contribution in [3.63, 3.8) is 0 Å². The summed E-state index contributed by atoms with van der Waals surface area (Å²) in [6.07, 6.45) is 0. The van der Waals surface area contributed by atoms with E-state index in [-0.39, 0.29) is 5.97 Å². The number of carbonyl (C=O) groups excluding carboxylic acids is 1. The predicted molar refractivity (Wildman–Crippen MR) is 87.7 cm³/mol. The zero-order valence-corrected chi connectivity index (χ0v) is 13.3. The third kappa shape index (κ3) is 4.02. The zero-order chi connectivity index (χ0) is 15.4. The smallest absolute Gasteiger partial charge is 0.337 e. The number of benzene rings is 2. The van der Waals surface area contributed by atoms with Crippen LogP contribution >= 0.6 is 11.8 Å². The Morgan fingerprint density at radius 2 is 1.81 bits per heavy atom. The van der Waals surface area contributed by atoms with Crippen LogP contribution in [0, 0.1) is 13.8 Å². The topological polar surface area (TPSA) is 52.3 Å². The molecular weight excluding hydrogens is 282 g/mol. The average Bonchev–Trinajstić information content (AvgIpc) is 2.44. The summed E-state index contributed by atoms with van der Waals surface area (Å²) in [5.74, 6) is 0.483. The molecule has 0 heterocycles. The van der Waals surface area contributed by atoms with Gasteiger partial charge in [-0.1, -0.05) is 29.3 Å². The van der Waals surface area contributed by atoms with Crippen molar-refractivity contribution in [1.82, 2.24) is 0 Å². The van der Waals surface area contributed by atoms with Gasteiger partial charge in [0.25, 0.3) is 0 Å². The molecule has 21 heavy (non-hydrogen) atoms. The number of esters is 1. The van der Waals surface area contributed by atoms with Gasteiger partial charge in [0.15, 0.2) is 0 Å². The van der Waals surface area contributed by atoms with Gasteiger partial charge in [0, 0.05) is 16.3 Å². The first kappa shape index (κ1) is 15.4. The van der Waals surface area contributed by atoms with Crippen LogP contribution in [0.4, 0.5) is 5.69 Å². The fourth-order valence-electron chi connectivity index (χ4n) is 2.24. The number of methoxy groups -OCH3 is 1. The Bertz CT molecular complexity index is 648. The Kier molecular flexibility index (Phi) is 4.91. The van der Waals surface area contributed by atoms with E-state index in [0.717, 1.165) is 10.6 Å². The van der Waals surface area contributed by atoms with Crippen molar-refractivity contribution in [2.45, 2.75) is 24.5 Å². The van der Waals surface area contributed by atoms with E-state index in [1.54, 1.807) is 23.9 Å². The van der Waals surface area contributed by atoms with Crippen LogP contribution in [0.3, 0.4) is 0 Å². The monoisotopic (exact) mass is 301 g/mol. The molecule has 4 heteroatoms. The number of anilines is 1. The second-order valence-electron chi connectivity index (χ2n) is 5.03. The molecule has 0 bridgehead atoms. The molecule has 3 nitrogen and oxygen atoms in total. The lowest BCUT2D eigenvalue weighted by atomic mass is 10.1. The molecule has 0 saturated heterocycles. The molecule has 0 fully saturated rings. The van der Waals surface area contributed by atoms with Crippen molar-refractivity contribution in [3.05, 3.63) is 58.7 Å². The van der Waals surface area contributed by atoms with Crippen molar-refractivity contribution in [3.8, 4) is 0 Å². The fourth-order valence-corrected chi connectivity index (χ4v) is 3.12. The molecule has 2 rings (SSSR count). The Labute approximate surface area is 129 Å². The average molecular weight is 301 g/mol. The molecule has 0 atom stereocenters. The highest BCUT2D eigenvalue weighted by Gasteiger charge is 2.08. The van der Waals surface area contributed by atoms with Gasteiger partial charge in [-0.3, -0.25) is 0 Å². The first-order valence-corrected chi connectivity index (χ1v) is 7.66. The van der Waals surface area contributed by atoms with Crippen molar-refractivity contribution >= 4 is 23.4 Å². The highest BCUT2D eigenvalue weighted by Crippen LogP contribution is 2.29. The van der Waals surface area contributed by atoms with Gasteiger partial charge < -0.3 is 10.5 Å². The summed E-state index contributed by atoms with van der Waals surface area (Å²) < 4.78 is 4.69. The van der Waals surface area contributed by atoms with Gasteiger partial charge in [-0.25, -0.2) is 4.79 Å². The zero-order valence-electron chi connectivity index (χ0n) is 12.5. The number of nitrogens with two attached hydrogens (primary N) is 1. The van der Waals surface area contributed by atoms with Crippen LogP contribution in [0.15, 0.2) is 41.3 Å². The van der Waals surface area contributed by atoms with E-state index in [2.05, 4.69) is 36.8 Å². The lowest BCUT2D eigenvalue weighted by Gasteiger charge is -2.08. The molecule has 0 aliphatic heterocycles. The minimum atomic E-state index is -0.368. The number of ether oxygens (including phenoxy) is 1. The highest BCUT2D eigenvalue weighted by molar-refractivity contribution is 7.98. The number of rotatable bonds is 4. The van der Waals surface area contributed by atoms with Crippen LogP contribution in [0.5, 0.6) is 0 Å². The van der Waals surface area contributed by atoms with Gasteiger partial charge in [-0.05, 0) is 37.6 Å². The maximum absolute atomic E-state index is 11.4. The van der Waals surface area contributed by atoms with Crippen LogP contribution in [-0.4, -0.2) is 13.1 Å². The van der Waals surface area contributed by atoms with Crippen molar-refractivity contribution in [1.29, 1.82) is 0 Å². The minimum absolute atomic E-state index is 0.368. The number of aryl methyl sites for hydroxylation is 2. The normalized spacial score (nSPS) is 10.4. The molecule has 2 N–H and O–H groups in total. The van der Waals surface area contributed by atoms with E-state index in [1.807, 2.05) is 6.07 Å². The fraction of sp³-hybridized carbons (Fsp3) is 0.235. The lowest BCUT2D eigenvalue weighted by molar-refractivity contribution is 0.0600. The van der Waals surface area contributed by atoms with Gasteiger partial charge in [0.05, 0.1) is 12.7 Å². The van der Waals surface area contributed by atoms with E-state index in [4.69, 9.17) is 5.73 Å². The molecule has 0 aromatic heterocycles. The van der Waals surface area contributed by atoms with Crippen LogP contribution in [-0.2, 0) is 10.5 Å². The van der Waals surface area contributed by atoms with Crippen LogP contribution in [0.25, 0.3) is 0 Å². The third-order valence-electron chi connectivity index (χ3n) is 3.11. The molecule has 0 aliphatic carbocycles. The summed E-state index contributed by atoms with van der Waals surface area (Å²) >= 11 is 1.67. The van der Waals surface area contributed by atoms with E-state index in [1.165, 1.54) is 23.8 Å². The minimum Gasteiger partial charge on any atom is -0.465 e. The molecule has 0 aliphatic rings. The first-order chi connectivity index (χ1) is 9.99. The third-order valence-corrected chi connectivity index (χ3v) is 4.27. The van der Waals surface area contributed by atoms with Gasteiger partial charge in [-0.2, -0.15) is 0 Å². The Morgan fingerprint density at radius 1 is 1.14 bits per heavy atom. The van der Waals surface area contributed by atoms with Crippen molar-refractivity contribution < 1.29 is 9.53 Å². The summed E-state index contributed by atoms with van der Waals surface area (Å²) in [6.45, 7) is 4.20. The van der Waals surface area contributed by atoms with Crippen LogP contribution in [0.1, 0.15) is 27.0 Å². The van der Waals surface area contributed by atoms with Gasteiger partial charge in [-0.15, -0.1) is 11.8 Å². The second kappa shape index (κ2) is 6.68. The first-order valence-electron chi connectivity index (χ1n) is 6.67. The van der Waals surface area contributed by atoms with E-state index >= 15 is 0 Å². The van der Waals surface area contributed by atoms with Crippen LogP contribution in [0.2, 0.25) is 0 Å². The molecular formula is C17H19NO2S. The Balaban J connectivity index is 2.11. The quantitative estimate of drug-likeness (QED) is 0.527. The molecule has 0 radical (unpaired) electrons. The summed E-state index contributed by atoms with van der Waals surface area (Å²) in [4.78, 5) is 12.4. The van der Waals surface area contributed by atoms with Gasteiger partial charge in [0.2, 0.25) is 0 Å².